The summed E-state index contributed by atoms with van der Waals surface area (Å²) in [5.74, 6) is 0. The molecule has 0 saturated carbocycles. The molecule has 0 aromatic rings. The van der Waals surface area contributed by atoms with Crippen LogP contribution in [0.25, 0.3) is 0 Å². The van der Waals surface area contributed by atoms with Crippen molar-refractivity contribution >= 4 is 6.09 Å². The van der Waals surface area contributed by atoms with E-state index >= 15 is 0 Å². The van der Waals surface area contributed by atoms with Gasteiger partial charge in [-0.3, -0.25) is 0 Å². The zero-order valence-corrected chi connectivity index (χ0v) is 11.3. The molecule has 1 aliphatic heterocycles. The second-order valence-electron chi connectivity index (χ2n) is 6.00. The van der Waals surface area contributed by atoms with E-state index in [4.69, 9.17) is 9.47 Å². The molecule has 1 atom stereocenters. The van der Waals surface area contributed by atoms with Gasteiger partial charge in [0.15, 0.2) is 0 Å². The Labute approximate surface area is 102 Å². The maximum atomic E-state index is 11.5. The van der Waals surface area contributed by atoms with Crippen LogP contribution in [-0.4, -0.2) is 41.2 Å². The lowest BCUT2D eigenvalue weighted by Crippen LogP contribution is -2.54. The Morgan fingerprint density at radius 2 is 2.06 bits per heavy atom. The molecule has 17 heavy (non-hydrogen) atoms. The highest BCUT2D eigenvalue weighted by Crippen LogP contribution is 2.34. The molecule has 0 bridgehead atoms. The third-order valence-electron chi connectivity index (χ3n) is 3.02. The first-order valence-electron chi connectivity index (χ1n) is 5.89. The third kappa shape index (κ3) is 3.57. The van der Waals surface area contributed by atoms with Gasteiger partial charge in [-0.1, -0.05) is 0 Å². The molecule has 1 amide bonds. The first kappa shape index (κ1) is 14.3. The van der Waals surface area contributed by atoms with Gasteiger partial charge < -0.3 is 19.9 Å². The maximum absolute atomic E-state index is 11.5. The predicted molar refractivity (Wildman–Crippen MR) is 63.8 cm³/mol. The van der Waals surface area contributed by atoms with Crippen LogP contribution in [0.5, 0.6) is 0 Å². The molecule has 0 radical (unpaired) electrons. The zero-order valence-electron chi connectivity index (χ0n) is 11.3. The van der Waals surface area contributed by atoms with Crippen LogP contribution in [0.15, 0.2) is 0 Å². The van der Waals surface area contributed by atoms with Crippen molar-refractivity contribution in [3.05, 3.63) is 0 Å². The molecular formula is C12H23NO4. The molecular weight excluding hydrogens is 222 g/mol. The molecule has 5 nitrogen and oxygen atoms in total. The van der Waals surface area contributed by atoms with E-state index in [0.717, 1.165) is 0 Å². The highest BCUT2D eigenvalue weighted by atomic mass is 16.6. The Morgan fingerprint density at radius 3 is 2.47 bits per heavy atom. The molecule has 0 aromatic carbocycles. The lowest BCUT2D eigenvalue weighted by atomic mass is 9.85. The van der Waals surface area contributed by atoms with Crippen LogP contribution in [0.4, 0.5) is 4.79 Å². The van der Waals surface area contributed by atoms with Crippen molar-refractivity contribution in [1.82, 2.24) is 5.32 Å². The number of hydrogen-bond acceptors (Lipinski definition) is 4. The van der Waals surface area contributed by atoms with Gasteiger partial charge in [0.05, 0.1) is 18.8 Å². The summed E-state index contributed by atoms with van der Waals surface area (Å²) >= 11 is 0. The largest absolute Gasteiger partial charge is 0.444 e. The van der Waals surface area contributed by atoms with Gasteiger partial charge in [-0.25, -0.2) is 4.79 Å². The zero-order chi connectivity index (χ0) is 13.3. The lowest BCUT2D eigenvalue weighted by Gasteiger charge is -2.35. The van der Waals surface area contributed by atoms with E-state index in [1.54, 1.807) is 20.8 Å². The quantitative estimate of drug-likeness (QED) is 0.772. The Balaban J connectivity index is 2.48. The number of carbonyl (C=O) groups is 1. The molecule has 1 heterocycles. The van der Waals surface area contributed by atoms with E-state index in [9.17, 15) is 9.90 Å². The van der Waals surface area contributed by atoms with Crippen LogP contribution in [0.1, 0.15) is 41.0 Å². The first-order valence-corrected chi connectivity index (χ1v) is 5.89. The lowest BCUT2D eigenvalue weighted by molar-refractivity contribution is -0.0952. The van der Waals surface area contributed by atoms with Gasteiger partial charge in [0.2, 0.25) is 0 Å². The van der Waals surface area contributed by atoms with Crippen molar-refractivity contribution in [2.24, 2.45) is 0 Å². The fourth-order valence-corrected chi connectivity index (χ4v) is 1.74. The van der Waals surface area contributed by atoms with Crippen molar-refractivity contribution < 1.29 is 19.4 Å². The monoisotopic (exact) mass is 245 g/mol. The van der Waals surface area contributed by atoms with Gasteiger partial charge in [0, 0.05) is 6.42 Å². The SMILES string of the molecule is CC(C)(C)OC(=O)NCC1(O)CCOC1(C)C. The van der Waals surface area contributed by atoms with Crippen molar-refractivity contribution in [2.75, 3.05) is 13.2 Å². The van der Waals surface area contributed by atoms with Crippen molar-refractivity contribution in [1.29, 1.82) is 0 Å². The molecule has 100 valence electrons. The van der Waals surface area contributed by atoms with Gasteiger partial charge in [-0.2, -0.15) is 0 Å². The van der Waals surface area contributed by atoms with E-state index < -0.39 is 22.9 Å². The summed E-state index contributed by atoms with van der Waals surface area (Å²) in [6.45, 7) is 9.65. The summed E-state index contributed by atoms with van der Waals surface area (Å²) < 4.78 is 10.6. The highest BCUT2D eigenvalue weighted by Gasteiger charge is 2.49. The Bertz CT molecular complexity index is 295. The number of rotatable bonds is 2. The normalized spacial score (nSPS) is 27.9. The van der Waals surface area contributed by atoms with Crippen LogP contribution in [0.3, 0.4) is 0 Å². The molecule has 1 fully saturated rings. The minimum absolute atomic E-state index is 0.134. The smallest absolute Gasteiger partial charge is 0.407 e. The van der Waals surface area contributed by atoms with Gasteiger partial charge in [0.25, 0.3) is 0 Å². The summed E-state index contributed by atoms with van der Waals surface area (Å²) in [6, 6.07) is 0. The Morgan fingerprint density at radius 1 is 1.47 bits per heavy atom. The van der Waals surface area contributed by atoms with E-state index in [2.05, 4.69) is 5.32 Å². The first-order chi connectivity index (χ1) is 7.56. The maximum Gasteiger partial charge on any atom is 0.407 e. The van der Waals surface area contributed by atoms with Crippen molar-refractivity contribution in [3.8, 4) is 0 Å². The number of carbonyl (C=O) groups excluding carboxylic acids is 1. The number of ether oxygens (including phenoxy) is 2. The second-order valence-corrected chi connectivity index (χ2v) is 6.00. The minimum Gasteiger partial charge on any atom is -0.444 e. The predicted octanol–water partition coefficient (Wildman–Crippen LogP) is 1.44. The van der Waals surface area contributed by atoms with Crippen molar-refractivity contribution in [3.63, 3.8) is 0 Å². The number of aliphatic hydroxyl groups is 1. The van der Waals surface area contributed by atoms with Gasteiger partial charge in [-0.15, -0.1) is 0 Å². The van der Waals surface area contributed by atoms with E-state index in [0.29, 0.717) is 13.0 Å². The average Bonchev–Trinajstić information content (AvgIpc) is 2.36. The van der Waals surface area contributed by atoms with E-state index in [1.165, 1.54) is 0 Å². The molecule has 1 aliphatic rings. The summed E-state index contributed by atoms with van der Waals surface area (Å²) in [5, 5.41) is 13.0. The summed E-state index contributed by atoms with van der Waals surface area (Å²) in [6.07, 6.45) is -0.0101. The van der Waals surface area contributed by atoms with Gasteiger partial charge in [-0.05, 0) is 34.6 Å². The fraction of sp³-hybridized carbons (Fsp3) is 0.917. The highest BCUT2D eigenvalue weighted by molar-refractivity contribution is 5.67. The molecule has 1 saturated heterocycles. The van der Waals surface area contributed by atoms with Crippen molar-refractivity contribution in [2.45, 2.75) is 57.8 Å². The molecule has 1 unspecified atom stereocenters. The molecule has 0 spiro atoms. The molecule has 2 N–H and O–H groups in total. The Hall–Kier alpha value is -0.810. The molecule has 0 aliphatic carbocycles. The number of alkyl carbamates (subject to hydrolysis) is 1. The van der Waals surface area contributed by atoms with E-state index in [1.807, 2.05) is 13.8 Å². The summed E-state index contributed by atoms with van der Waals surface area (Å²) in [7, 11) is 0. The fourth-order valence-electron chi connectivity index (χ4n) is 1.74. The van der Waals surface area contributed by atoms with Crippen LogP contribution in [0, 0.1) is 0 Å². The van der Waals surface area contributed by atoms with Gasteiger partial charge >= 0.3 is 6.09 Å². The van der Waals surface area contributed by atoms with E-state index in [-0.39, 0.29) is 6.54 Å². The van der Waals surface area contributed by atoms with Crippen LogP contribution in [-0.2, 0) is 9.47 Å². The topological polar surface area (TPSA) is 67.8 Å². The molecule has 1 rings (SSSR count). The van der Waals surface area contributed by atoms with Crippen LogP contribution in [0.2, 0.25) is 0 Å². The van der Waals surface area contributed by atoms with Gasteiger partial charge in [0.1, 0.15) is 11.2 Å². The molecule has 0 aromatic heterocycles. The van der Waals surface area contributed by atoms with Crippen LogP contribution < -0.4 is 5.32 Å². The van der Waals surface area contributed by atoms with Crippen LogP contribution >= 0.6 is 0 Å². The second kappa shape index (κ2) is 4.46. The molecule has 5 heteroatoms. The number of hydrogen-bond donors (Lipinski definition) is 2. The third-order valence-corrected chi connectivity index (χ3v) is 3.02. The minimum atomic E-state index is -1.04. The average molecular weight is 245 g/mol. The number of amides is 1. The summed E-state index contributed by atoms with van der Waals surface area (Å²) in [5.41, 5.74) is -2.22. The Kier molecular flexibility index (Phi) is 3.74. The number of nitrogens with one attached hydrogen (secondary N) is 1. The summed E-state index contributed by atoms with van der Waals surface area (Å²) in [4.78, 5) is 11.5. The standard InChI is InChI=1S/C12H23NO4/c1-10(2,3)17-9(14)13-8-12(15)6-7-16-11(12,4)5/h15H,6-8H2,1-5H3,(H,13,14).